The van der Waals surface area contributed by atoms with Gasteiger partial charge in [0.25, 0.3) is 0 Å². The van der Waals surface area contributed by atoms with E-state index in [-0.39, 0.29) is 23.6 Å². The van der Waals surface area contributed by atoms with Crippen LogP contribution in [0, 0.1) is 0 Å². The van der Waals surface area contributed by atoms with Gasteiger partial charge in [-0.3, -0.25) is 14.4 Å². The fourth-order valence-electron chi connectivity index (χ4n) is 7.07. The van der Waals surface area contributed by atoms with Gasteiger partial charge < -0.3 is 19.9 Å². The van der Waals surface area contributed by atoms with Gasteiger partial charge in [-0.05, 0) is 75.9 Å². The van der Waals surface area contributed by atoms with E-state index in [1.54, 1.807) is 10.9 Å². The van der Waals surface area contributed by atoms with E-state index in [0.29, 0.717) is 11.9 Å². The first-order chi connectivity index (χ1) is 24.6. The minimum absolute atomic E-state index is 0.155. The number of carbonyl (C=O) groups is 1. The summed E-state index contributed by atoms with van der Waals surface area (Å²) in [7, 11) is 2.09. The lowest BCUT2D eigenvalue weighted by Gasteiger charge is -2.33. The highest BCUT2D eigenvalue weighted by Gasteiger charge is 2.31. The van der Waals surface area contributed by atoms with Crippen LogP contribution in [-0.2, 0) is 12.0 Å². The highest BCUT2D eigenvalue weighted by molar-refractivity contribution is 5.89. The number of piperidine rings is 1. The Labute approximate surface area is 300 Å². The average molecular weight is 694 g/mol. The van der Waals surface area contributed by atoms with E-state index >= 15 is 0 Å². The molecular weight excluding hydrogens is 642 g/mol. The zero-order valence-electron chi connectivity index (χ0n) is 30.7. The number of fused-ring (bicyclic) bond motifs is 2. The molecule has 51 heavy (non-hydrogen) atoms. The van der Waals surface area contributed by atoms with Crippen LogP contribution in [-0.4, -0.2) is 77.8 Å². The van der Waals surface area contributed by atoms with Gasteiger partial charge in [-0.1, -0.05) is 52.0 Å². The smallest absolute Gasteiger partial charge is 0.320 e. The number of carbonyl (C=O) groups excluding carboxylic acids is 1. The summed E-state index contributed by atoms with van der Waals surface area (Å²) in [6, 6.07) is 14.1. The summed E-state index contributed by atoms with van der Waals surface area (Å²) >= 11 is 0. The number of urea groups is 1. The molecule has 0 bridgehead atoms. The van der Waals surface area contributed by atoms with E-state index in [2.05, 4.69) is 89.5 Å². The predicted octanol–water partition coefficient (Wildman–Crippen LogP) is 6.52. The summed E-state index contributed by atoms with van der Waals surface area (Å²) < 4.78 is 12.4. The Morgan fingerprint density at radius 3 is 2.65 bits per heavy atom. The molecule has 0 unspecified atom stereocenters. The topological polar surface area (TPSA) is 123 Å². The van der Waals surface area contributed by atoms with Crippen molar-refractivity contribution in [3.8, 4) is 11.4 Å². The number of hydrogen-bond acceptors (Lipinski definition) is 8. The molecule has 270 valence electrons. The Kier molecular flexibility index (Phi) is 9.73. The van der Waals surface area contributed by atoms with E-state index in [1.165, 1.54) is 6.42 Å². The lowest BCUT2D eigenvalue weighted by Crippen LogP contribution is -2.38. The van der Waals surface area contributed by atoms with Crippen molar-refractivity contribution in [3.63, 3.8) is 0 Å². The molecule has 1 saturated heterocycles. The van der Waals surface area contributed by atoms with Crippen molar-refractivity contribution in [3.05, 3.63) is 77.9 Å². The molecular formula is C38H51N11O2. The van der Waals surface area contributed by atoms with Crippen LogP contribution < -0.4 is 20.3 Å². The van der Waals surface area contributed by atoms with Crippen LogP contribution in [0.3, 0.4) is 0 Å². The van der Waals surface area contributed by atoms with Crippen molar-refractivity contribution in [1.29, 1.82) is 0 Å². The number of benzene rings is 1. The lowest BCUT2D eigenvalue weighted by atomic mass is 9.85. The third kappa shape index (κ3) is 7.44. The van der Waals surface area contributed by atoms with E-state index in [9.17, 15) is 4.79 Å². The molecule has 5 heterocycles. The van der Waals surface area contributed by atoms with Crippen LogP contribution in [0.25, 0.3) is 11.3 Å². The standard InChI is InChI=1S/C38H51N11O2/c1-7-45(6)20-21-46-24-27(23-39-46)49-35(22-33(44-49)38(3,4)5)41-36(50)40-31-16-17-32(30-14-9-8-13-29(30)31)51-28-15-18-34-42-43-37(48(34)25-28)47-19-11-10-12-26(47)2/h8-9,13-15,18,22-26,31-32H,7,10-12,16-17,19-21H2,1-6H3,(H2,40,41,50)/t26-,31-,32+/m0/s1. The van der Waals surface area contributed by atoms with Crippen molar-refractivity contribution in [2.45, 2.75) is 96.9 Å². The van der Waals surface area contributed by atoms with Crippen LogP contribution in [0.4, 0.5) is 16.6 Å². The predicted molar refractivity (Wildman–Crippen MR) is 199 cm³/mol. The number of likely N-dealkylation sites (N-methyl/N-ethyl adjacent to an activating group) is 1. The number of rotatable bonds is 10. The Balaban J connectivity index is 1.06. The average Bonchev–Trinajstić information content (AvgIpc) is 3.87. The number of ether oxygens (including phenoxy) is 1. The minimum Gasteiger partial charge on any atom is -0.484 e. The Hall–Kier alpha value is -4.91. The van der Waals surface area contributed by atoms with E-state index < -0.39 is 0 Å². The molecule has 13 heteroatoms. The van der Waals surface area contributed by atoms with Gasteiger partial charge in [-0.15, -0.1) is 10.2 Å². The molecule has 4 aromatic heterocycles. The highest BCUT2D eigenvalue weighted by atomic mass is 16.5. The van der Waals surface area contributed by atoms with Crippen LogP contribution in [0.15, 0.2) is 61.1 Å². The summed E-state index contributed by atoms with van der Waals surface area (Å²) in [5, 5.41) is 24.8. The van der Waals surface area contributed by atoms with E-state index in [4.69, 9.17) is 9.84 Å². The number of pyridine rings is 1. The van der Waals surface area contributed by atoms with Crippen molar-refractivity contribution >= 4 is 23.4 Å². The largest absolute Gasteiger partial charge is 0.484 e. The molecule has 13 nitrogen and oxygen atoms in total. The van der Waals surface area contributed by atoms with Crippen molar-refractivity contribution in [2.24, 2.45) is 0 Å². The summed E-state index contributed by atoms with van der Waals surface area (Å²) in [6.45, 7) is 14.3. The van der Waals surface area contributed by atoms with Crippen molar-refractivity contribution in [2.75, 3.05) is 36.9 Å². The SMILES string of the molecule is CCN(C)CCn1cc(-n2nc(C(C)(C)C)cc2NC(=O)N[C@H]2CC[C@@H](Oc3ccc4nnc(N5CCCC[C@@H]5C)n4c3)c3ccccc32)cn1. The summed E-state index contributed by atoms with van der Waals surface area (Å²) in [5.41, 5.74) is 4.40. The van der Waals surface area contributed by atoms with Crippen LogP contribution in [0.1, 0.15) is 95.7 Å². The normalized spacial score (nSPS) is 19.4. The first kappa shape index (κ1) is 34.5. The van der Waals surface area contributed by atoms with Gasteiger partial charge in [0.15, 0.2) is 5.65 Å². The fourth-order valence-corrected chi connectivity index (χ4v) is 7.07. The van der Waals surface area contributed by atoms with Gasteiger partial charge in [-0.2, -0.15) is 10.2 Å². The zero-order chi connectivity index (χ0) is 35.7. The lowest BCUT2D eigenvalue weighted by molar-refractivity contribution is 0.171. The van der Waals surface area contributed by atoms with Crippen molar-refractivity contribution in [1.82, 2.24) is 44.4 Å². The fraction of sp³-hybridized carbons (Fsp3) is 0.500. The molecule has 2 N–H and O–H groups in total. The maximum absolute atomic E-state index is 13.7. The first-order valence-corrected chi connectivity index (χ1v) is 18.3. The van der Waals surface area contributed by atoms with E-state index in [0.717, 1.165) is 91.7 Å². The molecule has 1 fully saturated rings. The molecule has 7 rings (SSSR count). The monoisotopic (exact) mass is 693 g/mol. The molecule has 2 amide bonds. The maximum Gasteiger partial charge on any atom is 0.320 e. The summed E-state index contributed by atoms with van der Waals surface area (Å²) in [6.07, 6.45) is 10.7. The van der Waals surface area contributed by atoms with Gasteiger partial charge >= 0.3 is 6.03 Å². The number of aromatic nitrogens is 7. The second kappa shape index (κ2) is 14.4. The summed E-state index contributed by atoms with van der Waals surface area (Å²) in [4.78, 5) is 18.3. The Morgan fingerprint density at radius 1 is 1.04 bits per heavy atom. The molecule has 0 radical (unpaired) electrons. The van der Waals surface area contributed by atoms with E-state index in [1.807, 2.05) is 51.8 Å². The number of nitrogens with zero attached hydrogens (tertiary/aromatic N) is 9. The molecule has 0 saturated carbocycles. The second-order valence-electron chi connectivity index (χ2n) is 15.0. The first-order valence-electron chi connectivity index (χ1n) is 18.3. The molecule has 0 spiro atoms. The molecule has 1 aliphatic carbocycles. The number of anilines is 2. The van der Waals surface area contributed by atoms with Gasteiger partial charge in [0, 0.05) is 30.6 Å². The van der Waals surface area contributed by atoms with Gasteiger partial charge in [0.1, 0.15) is 23.4 Å². The minimum atomic E-state index is -0.287. The highest BCUT2D eigenvalue weighted by Crippen LogP contribution is 2.39. The Bertz CT molecular complexity index is 1970. The molecule has 5 aromatic rings. The molecule has 2 aliphatic rings. The van der Waals surface area contributed by atoms with Crippen molar-refractivity contribution < 1.29 is 9.53 Å². The van der Waals surface area contributed by atoms with Gasteiger partial charge in [-0.25, -0.2) is 9.48 Å². The second-order valence-corrected chi connectivity index (χ2v) is 15.0. The number of hydrogen-bond donors (Lipinski definition) is 2. The molecule has 1 aliphatic heterocycles. The number of amides is 2. The molecule has 1 aromatic carbocycles. The maximum atomic E-state index is 13.7. The van der Waals surface area contributed by atoms with Crippen LogP contribution >= 0.6 is 0 Å². The zero-order valence-corrected chi connectivity index (χ0v) is 30.7. The third-order valence-electron chi connectivity index (χ3n) is 10.3. The van der Waals surface area contributed by atoms with Crippen LogP contribution in [0.5, 0.6) is 5.75 Å². The van der Waals surface area contributed by atoms with Gasteiger partial charge in [0.2, 0.25) is 5.95 Å². The van der Waals surface area contributed by atoms with Gasteiger partial charge in [0.05, 0.1) is 36.9 Å². The van der Waals surface area contributed by atoms with Crippen LogP contribution in [0.2, 0.25) is 0 Å². The Morgan fingerprint density at radius 2 is 1.86 bits per heavy atom. The molecule has 3 atom stereocenters. The number of nitrogens with one attached hydrogen (secondary N) is 2. The quantitative estimate of drug-likeness (QED) is 0.170. The summed E-state index contributed by atoms with van der Waals surface area (Å²) in [5.74, 6) is 2.23. The third-order valence-corrected chi connectivity index (χ3v) is 10.3.